The molecule has 6 rings (SSSR count). The third-order valence-corrected chi connectivity index (χ3v) is 6.54. The molecule has 0 atom stereocenters. The second-order valence-electron chi connectivity index (χ2n) is 9.16. The minimum atomic E-state index is 0.310. The van der Waals surface area contributed by atoms with Crippen molar-refractivity contribution in [1.29, 1.82) is 0 Å². The van der Waals surface area contributed by atoms with Crippen LogP contribution in [0.15, 0.2) is 65.6 Å². The van der Waals surface area contributed by atoms with Gasteiger partial charge in [0, 0.05) is 39.9 Å². The maximum absolute atomic E-state index is 6.45. The van der Waals surface area contributed by atoms with E-state index in [2.05, 4.69) is 84.5 Å². The average molecular weight is 409 g/mol. The van der Waals surface area contributed by atoms with E-state index in [0.717, 1.165) is 28.5 Å². The van der Waals surface area contributed by atoms with Crippen molar-refractivity contribution in [3.05, 3.63) is 77.9 Å². The summed E-state index contributed by atoms with van der Waals surface area (Å²) in [5.74, 6) is 1.93. The van der Waals surface area contributed by atoms with Crippen molar-refractivity contribution < 1.29 is 8.98 Å². The Morgan fingerprint density at radius 3 is 2.68 bits per heavy atom. The molecule has 0 fully saturated rings. The number of pyridine rings is 1. The van der Waals surface area contributed by atoms with Crippen LogP contribution in [0.25, 0.3) is 39.0 Å². The van der Waals surface area contributed by atoms with Gasteiger partial charge in [-0.1, -0.05) is 45.9 Å². The van der Waals surface area contributed by atoms with E-state index in [9.17, 15) is 0 Å². The van der Waals surface area contributed by atoms with Crippen LogP contribution in [0, 0.1) is 0 Å². The van der Waals surface area contributed by atoms with Crippen molar-refractivity contribution in [2.24, 2.45) is 0 Å². The molecule has 0 saturated carbocycles. The van der Waals surface area contributed by atoms with Crippen LogP contribution in [0.5, 0.6) is 0 Å². The van der Waals surface area contributed by atoms with Crippen LogP contribution >= 0.6 is 0 Å². The maximum Gasteiger partial charge on any atom is 0.294 e. The molecule has 0 aliphatic carbocycles. The Labute approximate surface area is 181 Å². The third-order valence-electron chi connectivity index (χ3n) is 6.54. The Morgan fingerprint density at radius 2 is 1.87 bits per heavy atom. The van der Waals surface area contributed by atoms with Crippen LogP contribution in [0.1, 0.15) is 56.2 Å². The second-order valence-corrected chi connectivity index (χ2v) is 9.16. The van der Waals surface area contributed by atoms with E-state index in [0.29, 0.717) is 11.8 Å². The van der Waals surface area contributed by atoms with Gasteiger partial charge in [-0.2, -0.15) is 4.57 Å². The van der Waals surface area contributed by atoms with Crippen LogP contribution in [0.3, 0.4) is 0 Å². The van der Waals surface area contributed by atoms with Crippen molar-refractivity contribution in [2.75, 3.05) is 0 Å². The minimum absolute atomic E-state index is 0.310. The molecule has 0 saturated heterocycles. The lowest BCUT2D eigenvalue weighted by molar-refractivity contribution is -0.671. The Hall–Kier alpha value is -3.40. The van der Waals surface area contributed by atoms with Crippen molar-refractivity contribution in [3.8, 4) is 17.1 Å². The highest BCUT2D eigenvalue weighted by molar-refractivity contribution is 6.07. The molecule has 0 bridgehead atoms. The van der Waals surface area contributed by atoms with Gasteiger partial charge in [-0.3, -0.25) is 4.98 Å². The number of hydrogen-bond acceptors (Lipinski definition) is 2. The topological polar surface area (TPSA) is 34.8 Å². The minimum Gasteiger partial charge on any atom is -0.455 e. The Kier molecular flexibility index (Phi) is 3.88. The molecule has 4 nitrogen and oxygen atoms in total. The van der Waals surface area contributed by atoms with Gasteiger partial charge in [0.05, 0.1) is 5.56 Å². The summed E-state index contributed by atoms with van der Waals surface area (Å²) >= 11 is 0. The normalized spacial score (nSPS) is 13.0. The summed E-state index contributed by atoms with van der Waals surface area (Å²) in [4.78, 5) is 4.36. The Bertz CT molecular complexity index is 1470. The monoisotopic (exact) mass is 408 g/mol. The molecule has 0 unspecified atom stereocenters. The standard InChI is InChI=1S/C27H26N3O/c1-16(2)20-13-21-22-14-28-10-9-23(22)31-26(21)24(17(3)4)25(20)30-12-11-29-15-18-7-5-6-8-19(18)27(29)30/h5-14,16-17H,15H2,1-4H3/q+1. The van der Waals surface area contributed by atoms with E-state index in [1.54, 1.807) is 6.20 Å². The molecule has 5 aromatic rings. The molecule has 154 valence electrons. The molecule has 4 heteroatoms. The van der Waals surface area contributed by atoms with Crippen LogP contribution in [0.2, 0.25) is 0 Å². The van der Waals surface area contributed by atoms with Gasteiger partial charge in [-0.25, -0.2) is 4.57 Å². The smallest absolute Gasteiger partial charge is 0.294 e. The first kappa shape index (κ1) is 18.4. The first-order valence-corrected chi connectivity index (χ1v) is 11.1. The van der Waals surface area contributed by atoms with E-state index in [-0.39, 0.29) is 0 Å². The van der Waals surface area contributed by atoms with Gasteiger partial charge in [0.2, 0.25) is 0 Å². The fourth-order valence-electron chi connectivity index (χ4n) is 5.11. The van der Waals surface area contributed by atoms with Crippen LogP contribution in [0.4, 0.5) is 0 Å². The van der Waals surface area contributed by atoms with Gasteiger partial charge in [0.25, 0.3) is 5.82 Å². The molecule has 31 heavy (non-hydrogen) atoms. The van der Waals surface area contributed by atoms with Gasteiger partial charge in [-0.05, 0) is 30.0 Å². The quantitative estimate of drug-likeness (QED) is 0.321. The molecule has 3 aromatic heterocycles. The van der Waals surface area contributed by atoms with E-state index < -0.39 is 0 Å². The number of rotatable bonds is 3. The molecule has 0 N–H and O–H groups in total. The zero-order chi connectivity index (χ0) is 21.3. The number of furan rings is 1. The molecule has 0 amide bonds. The fraction of sp³-hybridized carbons (Fsp3) is 0.259. The summed E-state index contributed by atoms with van der Waals surface area (Å²) in [7, 11) is 0. The highest BCUT2D eigenvalue weighted by Gasteiger charge is 2.34. The van der Waals surface area contributed by atoms with Gasteiger partial charge in [-0.15, -0.1) is 0 Å². The van der Waals surface area contributed by atoms with Crippen LogP contribution in [-0.2, 0) is 6.54 Å². The summed E-state index contributed by atoms with van der Waals surface area (Å²) in [5.41, 5.74) is 8.43. The zero-order valence-corrected chi connectivity index (χ0v) is 18.4. The number of nitrogens with zero attached hydrogens (tertiary/aromatic N) is 3. The van der Waals surface area contributed by atoms with E-state index >= 15 is 0 Å². The molecule has 0 spiro atoms. The number of imidazole rings is 1. The molecular formula is C27H26N3O+. The maximum atomic E-state index is 6.45. The van der Waals surface area contributed by atoms with Crippen molar-refractivity contribution in [2.45, 2.75) is 46.1 Å². The largest absolute Gasteiger partial charge is 0.455 e. The Balaban J connectivity index is 1.75. The predicted molar refractivity (Wildman–Crippen MR) is 124 cm³/mol. The summed E-state index contributed by atoms with van der Waals surface area (Å²) in [6, 6.07) is 13.0. The third kappa shape index (κ3) is 2.54. The van der Waals surface area contributed by atoms with Gasteiger partial charge >= 0.3 is 0 Å². The molecule has 2 aromatic carbocycles. The molecular weight excluding hydrogens is 382 g/mol. The summed E-state index contributed by atoms with van der Waals surface area (Å²) < 4.78 is 11.2. The SMILES string of the molecule is CC(C)c1cc2c(oc3ccncc32)c(C(C)C)c1-n1cc[n+]2c1-c1ccccc1C2. The zero-order valence-electron chi connectivity index (χ0n) is 18.4. The summed E-state index contributed by atoms with van der Waals surface area (Å²) in [5, 5.41) is 2.25. The van der Waals surface area contributed by atoms with Crippen LogP contribution in [-0.4, -0.2) is 9.55 Å². The van der Waals surface area contributed by atoms with E-state index in [4.69, 9.17) is 4.42 Å². The van der Waals surface area contributed by atoms with Crippen LogP contribution < -0.4 is 4.57 Å². The highest BCUT2D eigenvalue weighted by atomic mass is 16.3. The molecule has 1 aliphatic rings. The number of benzene rings is 2. The number of fused-ring (bicyclic) bond motifs is 6. The summed E-state index contributed by atoms with van der Waals surface area (Å²) in [6.45, 7) is 10.0. The van der Waals surface area contributed by atoms with Gasteiger partial charge < -0.3 is 4.42 Å². The highest BCUT2D eigenvalue weighted by Crippen LogP contribution is 2.42. The fourth-order valence-corrected chi connectivity index (χ4v) is 5.11. The lowest BCUT2D eigenvalue weighted by Gasteiger charge is -2.18. The van der Waals surface area contributed by atoms with Crippen molar-refractivity contribution >= 4 is 21.9 Å². The predicted octanol–water partition coefficient (Wildman–Crippen LogP) is 6.33. The average Bonchev–Trinajstić information content (AvgIpc) is 3.43. The molecule has 4 heterocycles. The Morgan fingerprint density at radius 1 is 1.03 bits per heavy atom. The van der Waals surface area contributed by atoms with Gasteiger partial charge in [0.15, 0.2) is 0 Å². The number of hydrogen-bond donors (Lipinski definition) is 0. The van der Waals surface area contributed by atoms with E-state index in [1.165, 1.54) is 33.8 Å². The number of aromatic nitrogens is 3. The second kappa shape index (κ2) is 6.55. The van der Waals surface area contributed by atoms with E-state index in [1.807, 2.05) is 12.3 Å². The first-order valence-electron chi connectivity index (χ1n) is 11.1. The molecule has 0 radical (unpaired) electrons. The summed E-state index contributed by atoms with van der Waals surface area (Å²) in [6.07, 6.45) is 8.15. The lowest BCUT2D eigenvalue weighted by Crippen LogP contribution is -2.30. The first-order chi connectivity index (χ1) is 15.0. The lowest BCUT2D eigenvalue weighted by atomic mass is 9.90. The van der Waals surface area contributed by atoms with Crippen molar-refractivity contribution in [3.63, 3.8) is 0 Å². The molecule has 1 aliphatic heterocycles. The van der Waals surface area contributed by atoms with Crippen molar-refractivity contribution in [1.82, 2.24) is 9.55 Å². The van der Waals surface area contributed by atoms with Gasteiger partial charge in [0.1, 0.15) is 35.8 Å².